The Balaban J connectivity index is 1.48. The fraction of sp³-hybridized carbons (Fsp3) is 0.360. The van der Waals surface area contributed by atoms with E-state index in [0.29, 0.717) is 44.2 Å². The molecular weight excluding hydrogens is 392 g/mol. The van der Waals surface area contributed by atoms with Crippen LogP contribution in [0.2, 0.25) is 0 Å². The third-order valence-corrected chi connectivity index (χ3v) is 5.06. The topological polar surface area (TPSA) is 67.9 Å². The van der Waals surface area contributed by atoms with Crippen LogP contribution in [-0.2, 0) is 9.59 Å². The van der Waals surface area contributed by atoms with E-state index in [1.807, 2.05) is 55.5 Å². The highest BCUT2D eigenvalue weighted by atomic mass is 16.5. The van der Waals surface area contributed by atoms with Crippen LogP contribution < -0.4 is 14.8 Å². The maximum atomic E-state index is 12.8. The van der Waals surface area contributed by atoms with Gasteiger partial charge in [-0.25, -0.2) is 0 Å². The van der Waals surface area contributed by atoms with Gasteiger partial charge in [0.05, 0.1) is 18.9 Å². The molecule has 2 aromatic rings. The molecule has 31 heavy (non-hydrogen) atoms. The fourth-order valence-electron chi connectivity index (χ4n) is 3.46. The van der Waals surface area contributed by atoms with Gasteiger partial charge in [-0.2, -0.15) is 0 Å². The van der Waals surface area contributed by atoms with Gasteiger partial charge in [-0.15, -0.1) is 0 Å². The first kappa shape index (κ1) is 22.4. The van der Waals surface area contributed by atoms with E-state index in [1.54, 1.807) is 11.0 Å². The summed E-state index contributed by atoms with van der Waals surface area (Å²) in [6.45, 7) is 7.59. The minimum Gasteiger partial charge on any atom is -0.493 e. The fourth-order valence-corrected chi connectivity index (χ4v) is 3.46. The average Bonchev–Trinajstić information content (AvgIpc) is 2.78. The molecule has 1 aliphatic heterocycles. The molecule has 0 spiro atoms. The Labute approximate surface area is 183 Å². The van der Waals surface area contributed by atoms with Gasteiger partial charge in [0, 0.05) is 24.8 Å². The van der Waals surface area contributed by atoms with Crippen LogP contribution >= 0.6 is 0 Å². The van der Waals surface area contributed by atoms with Gasteiger partial charge in [-0.1, -0.05) is 30.8 Å². The Morgan fingerprint density at radius 3 is 2.65 bits per heavy atom. The number of para-hydroxylation sites is 1. The molecule has 1 atom stereocenters. The van der Waals surface area contributed by atoms with E-state index >= 15 is 0 Å². The van der Waals surface area contributed by atoms with Crippen molar-refractivity contribution in [1.29, 1.82) is 0 Å². The molecule has 2 amide bonds. The smallest absolute Gasteiger partial charge is 0.229 e. The Hall–Kier alpha value is -3.28. The van der Waals surface area contributed by atoms with Crippen LogP contribution in [0.1, 0.15) is 26.2 Å². The van der Waals surface area contributed by atoms with Crippen molar-refractivity contribution in [1.82, 2.24) is 4.90 Å². The minimum absolute atomic E-state index is 0.0172. The van der Waals surface area contributed by atoms with E-state index in [1.165, 1.54) is 0 Å². The molecule has 1 saturated heterocycles. The molecule has 0 aliphatic carbocycles. The molecular formula is C25H30N2O4. The second-order valence-electron chi connectivity index (χ2n) is 7.85. The number of amides is 2. The van der Waals surface area contributed by atoms with E-state index in [0.717, 1.165) is 24.2 Å². The summed E-state index contributed by atoms with van der Waals surface area (Å²) in [5, 5.41) is 2.96. The lowest BCUT2D eigenvalue weighted by atomic mass is 9.96. The van der Waals surface area contributed by atoms with Crippen LogP contribution in [0.5, 0.6) is 11.5 Å². The van der Waals surface area contributed by atoms with Crippen molar-refractivity contribution >= 4 is 17.5 Å². The van der Waals surface area contributed by atoms with Gasteiger partial charge < -0.3 is 19.7 Å². The monoisotopic (exact) mass is 422 g/mol. The van der Waals surface area contributed by atoms with Gasteiger partial charge in [0.15, 0.2) is 0 Å². The SMILES string of the molecule is C=C(C)COc1cccc(NC(=O)C2CCCN(C(=O)CCOc3ccccc3)C2)c1. The van der Waals surface area contributed by atoms with Crippen molar-refractivity contribution in [2.75, 3.05) is 31.6 Å². The number of carbonyl (C=O) groups excluding carboxylic acids is 2. The van der Waals surface area contributed by atoms with E-state index in [9.17, 15) is 9.59 Å². The van der Waals surface area contributed by atoms with Gasteiger partial charge in [-0.05, 0) is 49.6 Å². The lowest BCUT2D eigenvalue weighted by Crippen LogP contribution is -2.44. The zero-order chi connectivity index (χ0) is 22.1. The van der Waals surface area contributed by atoms with E-state index in [2.05, 4.69) is 11.9 Å². The maximum absolute atomic E-state index is 12.8. The summed E-state index contributed by atoms with van der Waals surface area (Å²) in [6, 6.07) is 16.8. The normalized spacial score (nSPS) is 15.8. The van der Waals surface area contributed by atoms with Crippen LogP contribution in [0.15, 0.2) is 66.7 Å². The maximum Gasteiger partial charge on any atom is 0.229 e. The second kappa shape index (κ2) is 11.2. The highest BCUT2D eigenvalue weighted by molar-refractivity contribution is 5.93. The molecule has 1 N–H and O–H groups in total. The Kier molecular flexibility index (Phi) is 8.10. The van der Waals surface area contributed by atoms with Crippen molar-refractivity contribution in [3.8, 4) is 11.5 Å². The van der Waals surface area contributed by atoms with Crippen molar-refractivity contribution in [3.05, 3.63) is 66.7 Å². The van der Waals surface area contributed by atoms with Crippen molar-refractivity contribution in [3.63, 3.8) is 0 Å². The summed E-state index contributed by atoms with van der Waals surface area (Å²) < 4.78 is 11.3. The summed E-state index contributed by atoms with van der Waals surface area (Å²) >= 11 is 0. The molecule has 1 unspecified atom stereocenters. The predicted octanol–water partition coefficient (Wildman–Crippen LogP) is 4.29. The summed E-state index contributed by atoms with van der Waals surface area (Å²) in [4.78, 5) is 27.1. The third kappa shape index (κ3) is 7.17. The van der Waals surface area contributed by atoms with Crippen molar-refractivity contribution in [2.24, 2.45) is 5.92 Å². The average molecular weight is 423 g/mol. The molecule has 1 heterocycles. The highest BCUT2D eigenvalue weighted by Crippen LogP contribution is 2.22. The first-order chi connectivity index (χ1) is 15.0. The number of nitrogens with zero attached hydrogens (tertiary/aromatic N) is 1. The highest BCUT2D eigenvalue weighted by Gasteiger charge is 2.28. The summed E-state index contributed by atoms with van der Waals surface area (Å²) in [5.41, 5.74) is 1.61. The Morgan fingerprint density at radius 2 is 1.87 bits per heavy atom. The number of piperidine rings is 1. The zero-order valence-corrected chi connectivity index (χ0v) is 18.0. The number of carbonyl (C=O) groups is 2. The molecule has 3 rings (SSSR count). The van der Waals surface area contributed by atoms with Crippen LogP contribution in [0.3, 0.4) is 0 Å². The Morgan fingerprint density at radius 1 is 1.10 bits per heavy atom. The van der Waals surface area contributed by atoms with Gasteiger partial charge in [0.1, 0.15) is 18.1 Å². The lowest BCUT2D eigenvalue weighted by Gasteiger charge is -2.32. The van der Waals surface area contributed by atoms with Crippen molar-refractivity contribution in [2.45, 2.75) is 26.2 Å². The molecule has 2 aromatic carbocycles. The van der Waals surface area contributed by atoms with E-state index in [-0.39, 0.29) is 17.7 Å². The number of rotatable bonds is 9. The van der Waals surface area contributed by atoms with E-state index < -0.39 is 0 Å². The molecule has 6 nitrogen and oxygen atoms in total. The number of hydrogen-bond donors (Lipinski definition) is 1. The molecule has 1 fully saturated rings. The lowest BCUT2D eigenvalue weighted by molar-refractivity contribution is -0.135. The molecule has 164 valence electrons. The van der Waals surface area contributed by atoms with Gasteiger partial charge in [0.25, 0.3) is 0 Å². The first-order valence-corrected chi connectivity index (χ1v) is 10.6. The van der Waals surface area contributed by atoms with Crippen LogP contribution in [0.4, 0.5) is 5.69 Å². The number of benzene rings is 2. The Bertz CT molecular complexity index is 897. The number of ether oxygens (including phenoxy) is 2. The number of likely N-dealkylation sites (tertiary alicyclic amines) is 1. The summed E-state index contributed by atoms with van der Waals surface area (Å²) in [7, 11) is 0. The van der Waals surface area contributed by atoms with Gasteiger partial charge >= 0.3 is 0 Å². The molecule has 0 aromatic heterocycles. The number of anilines is 1. The standard InChI is InChI=1S/C25H30N2O4/c1-19(2)18-31-23-12-6-9-21(16-23)26-25(29)20-8-7-14-27(17-20)24(28)13-15-30-22-10-4-3-5-11-22/h3-6,9-12,16,20H,1,7-8,13-15,17-18H2,2H3,(H,26,29). The van der Waals surface area contributed by atoms with Gasteiger partial charge in [0.2, 0.25) is 11.8 Å². The second-order valence-corrected chi connectivity index (χ2v) is 7.85. The largest absolute Gasteiger partial charge is 0.493 e. The first-order valence-electron chi connectivity index (χ1n) is 10.6. The zero-order valence-electron chi connectivity index (χ0n) is 18.0. The molecule has 0 radical (unpaired) electrons. The van der Waals surface area contributed by atoms with Crippen molar-refractivity contribution < 1.29 is 19.1 Å². The van der Waals surface area contributed by atoms with Gasteiger partial charge in [-0.3, -0.25) is 9.59 Å². The number of hydrogen-bond acceptors (Lipinski definition) is 4. The summed E-state index contributed by atoms with van der Waals surface area (Å²) in [6.07, 6.45) is 1.87. The van der Waals surface area contributed by atoms with E-state index in [4.69, 9.17) is 9.47 Å². The number of nitrogens with one attached hydrogen (secondary N) is 1. The quantitative estimate of drug-likeness (QED) is 0.612. The third-order valence-electron chi connectivity index (χ3n) is 5.06. The molecule has 0 bridgehead atoms. The molecule has 1 aliphatic rings. The van der Waals surface area contributed by atoms with Crippen LogP contribution in [-0.4, -0.2) is 43.0 Å². The van der Waals surface area contributed by atoms with Crippen LogP contribution in [0.25, 0.3) is 0 Å². The predicted molar refractivity (Wildman–Crippen MR) is 121 cm³/mol. The van der Waals surface area contributed by atoms with Crippen LogP contribution in [0, 0.1) is 5.92 Å². The summed E-state index contributed by atoms with van der Waals surface area (Å²) in [5.74, 6) is 1.15. The molecule has 6 heteroatoms. The molecule has 0 saturated carbocycles. The minimum atomic E-state index is -0.229.